The van der Waals surface area contributed by atoms with Crippen molar-refractivity contribution in [3.8, 4) is 0 Å². The van der Waals surface area contributed by atoms with E-state index in [9.17, 15) is 5.11 Å². The highest BCUT2D eigenvalue weighted by Crippen LogP contribution is 2.33. The van der Waals surface area contributed by atoms with Crippen LogP contribution in [0, 0.1) is 5.41 Å². The summed E-state index contributed by atoms with van der Waals surface area (Å²) in [6.45, 7) is 4.34. The van der Waals surface area contributed by atoms with Gasteiger partial charge in [0.15, 0.2) is 0 Å². The Bertz CT molecular complexity index is 127. The molecule has 0 aromatic heterocycles. The third-order valence-electron chi connectivity index (χ3n) is 2.65. The first kappa shape index (κ1) is 11.2. The Labute approximate surface area is 74.6 Å². The summed E-state index contributed by atoms with van der Waals surface area (Å²) in [4.78, 5) is 0. The van der Waals surface area contributed by atoms with Crippen molar-refractivity contribution in [2.24, 2.45) is 11.1 Å². The molecular weight excluding hydrogens is 162 g/mol. The lowest BCUT2D eigenvalue weighted by Gasteiger charge is -2.38. The molecule has 1 saturated carbocycles. The molecule has 0 unspecified atom stereocenters. The van der Waals surface area contributed by atoms with Crippen molar-refractivity contribution in [3.63, 3.8) is 0 Å². The molecule has 68 valence electrons. The summed E-state index contributed by atoms with van der Waals surface area (Å²) in [5.74, 6) is 0. The quantitative estimate of drug-likeness (QED) is 0.589. The fourth-order valence-electron chi connectivity index (χ4n) is 1.45. The zero-order valence-electron chi connectivity index (χ0n) is 7.21. The Kier molecular flexibility index (Phi) is 3.82. The highest BCUT2D eigenvalue weighted by molar-refractivity contribution is 5.85. The number of aliphatic hydroxyl groups is 1. The first-order valence-electron chi connectivity index (χ1n) is 3.96. The SMILES string of the molecule is CC1(C)CC[C@@H](O)C[C@H]1N.Cl. The van der Waals surface area contributed by atoms with Crippen LogP contribution in [0.25, 0.3) is 0 Å². The fourth-order valence-corrected chi connectivity index (χ4v) is 1.45. The maximum atomic E-state index is 9.23. The molecule has 1 aliphatic rings. The molecule has 2 atom stereocenters. The molecule has 1 aliphatic carbocycles. The monoisotopic (exact) mass is 179 g/mol. The molecule has 0 amide bonds. The first-order valence-corrected chi connectivity index (χ1v) is 3.96. The summed E-state index contributed by atoms with van der Waals surface area (Å²) in [6.07, 6.45) is 2.59. The average Bonchev–Trinajstić information content (AvgIpc) is 1.81. The average molecular weight is 180 g/mol. The van der Waals surface area contributed by atoms with E-state index >= 15 is 0 Å². The highest BCUT2D eigenvalue weighted by atomic mass is 35.5. The Balaban J connectivity index is 0.000001000. The van der Waals surface area contributed by atoms with Crippen LogP contribution in [0.5, 0.6) is 0 Å². The molecule has 2 nitrogen and oxygen atoms in total. The van der Waals surface area contributed by atoms with Crippen LogP contribution in [0.3, 0.4) is 0 Å². The second kappa shape index (κ2) is 3.74. The van der Waals surface area contributed by atoms with E-state index in [4.69, 9.17) is 5.73 Å². The first-order chi connectivity index (χ1) is 4.52. The van der Waals surface area contributed by atoms with Gasteiger partial charge in [0.05, 0.1) is 6.10 Å². The number of aliphatic hydroxyl groups excluding tert-OH is 1. The van der Waals surface area contributed by atoms with Crippen molar-refractivity contribution >= 4 is 12.4 Å². The largest absolute Gasteiger partial charge is 0.393 e. The van der Waals surface area contributed by atoms with E-state index in [-0.39, 0.29) is 30.0 Å². The molecule has 0 aliphatic heterocycles. The highest BCUT2D eigenvalue weighted by Gasteiger charge is 2.32. The predicted molar refractivity (Wildman–Crippen MR) is 48.9 cm³/mol. The molecular formula is C8H18ClNO. The van der Waals surface area contributed by atoms with Crippen LogP contribution in [0.2, 0.25) is 0 Å². The minimum Gasteiger partial charge on any atom is -0.393 e. The van der Waals surface area contributed by atoms with Crippen molar-refractivity contribution in [3.05, 3.63) is 0 Å². The molecule has 0 bridgehead atoms. The summed E-state index contributed by atoms with van der Waals surface area (Å²) in [6, 6.07) is 0.177. The lowest BCUT2D eigenvalue weighted by Crippen LogP contribution is -2.44. The lowest BCUT2D eigenvalue weighted by molar-refractivity contribution is 0.0627. The van der Waals surface area contributed by atoms with E-state index in [2.05, 4.69) is 13.8 Å². The van der Waals surface area contributed by atoms with Crippen molar-refractivity contribution < 1.29 is 5.11 Å². The van der Waals surface area contributed by atoms with E-state index in [1.165, 1.54) is 0 Å². The maximum Gasteiger partial charge on any atom is 0.0555 e. The zero-order chi connectivity index (χ0) is 7.78. The smallest absolute Gasteiger partial charge is 0.0555 e. The number of hydrogen-bond donors (Lipinski definition) is 2. The van der Waals surface area contributed by atoms with Crippen LogP contribution in [0.4, 0.5) is 0 Å². The van der Waals surface area contributed by atoms with Crippen LogP contribution in [0.15, 0.2) is 0 Å². The Morgan fingerprint density at radius 1 is 1.45 bits per heavy atom. The number of hydrogen-bond acceptors (Lipinski definition) is 2. The van der Waals surface area contributed by atoms with E-state index < -0.39 is 0 Å². The second-order valence-corrected chi connectivity index (χ2v) is 4.02. The van der Waals surface area contributed by atoms with Crippen LogP contribution < -0.4 is 5.73 Å². The van der Waals surface area contributed by atoms with Gasteiger partial charge >= 0.3 is 0 Å². The minimum absolute atomic E-state index is 0. The minimum atomic E-state index is -0.150. The number of halogens is 1. The van der Waals surface area contributed by atoms with Gasteiger partial charge in [0.2, 0.25) is 0 Å². The molecule has 0 saturated heterocycles. The fraction of sp³-hybridized carbons (Fsp3) is 1.00. The van der Waals surface area contributed by atoms with Gasteiger partial charge in [0.25, 0.3) is 0 Å². The van der Waals surface area contributed by atoms with E-state index in [1.54, 1.807) is 0 Å². The Morgan fingerprint density at radius 2 is 2.00 bits per heavy atom. The van der Waals surface area contributed by atoms with Crippen molar-refractivity contribution in [2.75, 3.05) is 0 Å². The lowest BCUT2D eigenvalue weighted by atomic mass is 9.73. The summed E-state index contributed by atoms with van der Waals surface area (Å²) in [5.41, 5.74) is 6.08. The molecule has 1 rings (SSSR count). The third kappa shape index (κ3) is 2.62. The van der Waals surface area contributed by atoms with Crippen molar-refractivity contribution in [2.45, 2.75) is 45.3 Å². The number of nitrogens with two attached hydrogens (primary N) is 1. The van der Waals surface area contributed by atoms with E-state index in [0.717, 1.165) is 19.3 Å². The normalized spacial score (nSPS) is 36.0. The molecule has 11 heavy (non-hydrogen) atoms. The van der Waals surface area contributed by atoms with Gasteiger partial charge in [-0.1, -0.05) is 13.8 Å². The molecule has 3 heteroatoms. The predicted octanol–water partition coefficient (Wildman–Crippen LogP) is 1.31. The molecule has 1 fully saturated rings. The van der Waals surface area contributed by atoms with Gasteiger partial charge in [-0.3, -0.25) is 0 Å². The Hall–Kier alpha value is 0.210. The van der Waals surface area contributed by atoms with Gasteiger partial charge in [-0.2, -0.15) is 0 Å². The maximum absolute atomic E-state index is 9.23. The van der Waals surface area contributed by atoms with Crippen LogP contribution in [0.1, 0.15) is 33.1 Å². The summed E-state index contributed by atoms with van der Waals surface area (Å²) < 4.78 is 0. The topological polar surface area (TPSA) is 46.2 Å². The van der Waals surface area contributed by atoms with Gasteiger partial charge < -0.3 is 10.8 Å². The molecule has 3 N–H and O–H groups in total. The van der Waals surface area contributed by atoms with Gasteiger partial charge in [-0.25, -0.2) is 0 Å². The van der Waals surface area contributed by atoms with E-state index in [0.29, 0.717) is 0 Å². The standard InChI is InChI=1S/C8H17NO.ClH/c1-8(2)4-3-6(10)5-7(8)9;/h6-7,10H,3-5,9H2,1-2H3;1H/t6-,7-;/m1./s1. The molecule has 0 spiro atoms. The second-order valence-electron chi connectivity index (χ2n) is 4.02. The van der Waals surface area contributed by atoms with Crippen LogP contribution >= 0.6 is 12.4 Å². The van der Waals surface area contributed by atoms with E-state index in [1.807, 2.05) is 0 Å². The van der Waals surface area contributed by atoms with Gasteiger partial charge in [-0.05, 0) is 24.7 Å². The van der Waals surface area contributed by atoms with Gasteiger partial charge in [0.1, 0.15) is 0 Å². The molecule has 0 radical (unpaired) electrons. The molecule has 0 heterocycles. The van der Waals surface area contributed by atoms with Gasteiger partial charge in [-0.15, -0.1) is 12.4 Å². The third-order valence-corrected chi connectivity index (χ3v) is 2.65. The summed E-state index contributed by atoms with van der Waals surface area (Å²) >= 11 is 0. The summed E-state index contributed by atoms with van der Waals surface area (Å²) in [5, 5.41) is 9.23. The van der Waals surface area contributed by atoms with Crippen molar-refractivity contribution in [1.29, 1.82) is 0 Å². The zero-order valence-corrected chi connectivity index (χ0v) is 8.03. The number of rotatable bonds is 0. The van der Waals surface area contributed by atoms with Crippen LogP contribution in [-0.4, -0.2) is 17.3 Å². The summed E-state index contributed by atoms with van der Waals surface area (Å²) in [7, 11) is 0. The molecule has 0 aromatic carbocycles. The van der Waals surface area contributed by atoms with Crippen LogP contribution in [-0.2, 0) is 0 Å². The molecule has 0 aromatic rings. The van der Waals surface area contributed by atoms with Gasteiger partial charge in [0, 0.05) is 6.04 Å². The van der Waals surface area contributed by atoms with Crippen molar-refractivity contribution in [1.82, 2.24) is 0 Å². The Morgan fingerprint density at radius 3 is 2.36 bits per heavy atom.